The maximum absolute atomic E-state index is 13.5. The van der Waals surface area contributed by atoms with Gasteiger partial charge in [0.15, 0.2) is 5.43 Å². The molecule has 5 rings (SSSR count). The summed E-state index contributed by atoms with van der Waals surface area (Å²) in [5.74, 6) is 0.545. The molecule has 2 heterocycles. The highest BCUT2D eigenvalue weighted by molar-refractivity contribution is 5.99. The number of rotatable bonds is 7. The molecule has 0 aliphatic carbocycles. The summed E-state index contributed by atoms with van der Waals surface area (Å²) in [5, 5.41) is 0.477. The second kappa shape index (κ2) is 9.15. The number of carbonyl (C=O) groups excluding carboxylic acids is 1. The van der Waals surface area contributed by atoms with Gasteiger partial charge in [-0.15, -0.1) is 0 Å². The summed E-state index contributed by atoms with van der Waals surface area (Å²) in [6.45, 7) is 1.56. The van der Waals surface area contributed by atoms with Crippen LogP contribution in [-0.2, 0) is 6.61 Å². The summed E-state index contributed by atoms with van der Waals surface area (Å²) in [4.78, 5) is 30.7. The van der Waals surface area contributed by atoms with Crippen LogP contribution in [0.5, 0.6) is 5.75 Å². The van der Waals surface area contributed by atoms with E-state index in [1.54, 1.807) is 29.2 Å². The van der Waals surface area contributed by atoms with Crippen molar-refractivity contribution in [2.24, 2.45) is 0 Å². The average molecular weight is 455 g/mol. The van der Waals surface area contributed by atoms with Crippen molar-refractivity contribution in [3.63, 3.8) is 0 Å². The lowest BCUT2D eigenvalue weighted by atomic mass is 9.98. The summed E-state index contributed by atoms with van der Waals surface area (Å²) in [5.41, 5.74) is 2.53. The van der Waals surface area contributed by atoms with E-state index in [1.165, 1.54) is 0 Å². The Hall–Kier alpha value is -3.90. The quantitative estimate of drug-likeness (QED) is 0.412. The highest BCUT2D eigenvalue weighted by atomic mass is 16.5. The molecule has 0 radical (unpaired) electrons. The van der Waals surface area contributed by atoms with Crippen molar-refractivity contribution in [3.8, 4) is 5.75 Å². The molecule has 1 aliphatic heterocycles. The molecule has 172 valence electrons. The maximum Gasteiger partial charge on any atom is 0.290 e. The zero-order valence-electron chi connectivity index (χ0n) is 19.2. The van der Waals surface area contributed by atoms with Crippen LogP contribution < -0.4 is 10.2 Å². The first-order chi connectivity index (χ1) is 16.5. The summed E-state index contributed by atoms with van der Waals surface area (Å²) < 4.78 is 12.0. The van der Waals surface area contributed by atoms with E-state index in [1.807, 2.05) is 73.6 Å². The van der Waals surface area contributed by atoms with Crippen molar-refractivity contribution in [2.45, 2.75) is 12.6 Å². The molecule has 1 aliphatic rings. The molecule has 3 aromatic carbocycles. The van der Waals surface area contributed by atoms with Crippen LogP contribution in [0.4, 0.5) is 0 Å². The highest BCUT2D eigenvalue weighted by Crippen LogP contribution is 2.38. The molecule has 0 spiro atoms. The number of hydrogen-bond donors (Lipinski definition) is 0. The fraction of sp³-hybridized carbons (Fsp3) is 0.214. The van der Waals surface area contributed by atoms with Crippen LogP contribution in [-0.4, -0.2) is 42.9 Å². The van der Waals surface area contributed by atoms with E-state index in [4.69, 9.17) is 9.15 Å². The van der Waals surface area contributed by atoms with Crippen LogP contribution >= 0.6 is 0 Å². The second-order valence-corrected chi connectivity index (χ2v) is 8.72. The molecule has 1 unspecified atom stereocenters. The van der Waals surface area contributed by atoms with Crippen molar-refractivity contribution in [1.82, 2.24) is 9.80 Å². The number of benzene rings is 3. The predicted octanol–water partition coefficient (Wildman–Crippen LogP) is 4.48. The summed E-state index contributed by atoms with van der Waals surface area (Å²) in [6.07, 6.45) is 0. The Bertz CT molecular complexity index is 1390. The van der Waals surface area contributed by atoms with Crippen molar-refractivity contribution in [3.05, 3.63) is 112 Å². The normalized spacial score (nSPS) is 15.2. The zero-order chi connectivity index (χ0) is 23.7. The fourth-order valence-electron chi connectivity index (χ4n) is 4.37. The summed E-state index contributed by atoms with van der Waals surface area (Å²) in [7, 11) is 3.91. The van der Waals surface area contributed by atoms with E-state index in [-0.39, 0.29) is 17.1 Å². The molecule has 34 heavy (non-hydrogen) atoms. The van der Waals surface area contributed by atoms with Gasteiger partial charge in [0, 0.05) is 13.1 Å². The molecule has 6 nitrogen and oxygen atoms in total. The third kappa shape index (κ3) is 4.08. The first-order valence-corrected chi connectivity index (χ1v) is 11.3. The topological polar surface area (TPSA) is 63.0 Å². The SMILES string of the molecule is CN(C)CCN1C(=O)c2oc3ccccc3c(=O)c2C1c1cccc(OCc2ccccc2)c1. The van der Waals surface area contributed by atoms with Crippen LogP contribution in [0.1, 0.15) is 33.3 Å². The van der Waals surface area contributed by atoms with Crippen LogP contribution in [0.25, 0.3) is 11.0 Å². The second-order valence-electron chi connectivity index (χ2n) is 8.72. The number of likely N-dealkylation sites (N-methyl/N-ethyl adjacent to an activating group) is 1. The van der Waals surface area contributed by atoms with Gasteiger partial charge < -0.3 is 19.0 Å². The molecule has 0 N–H and O–H groups in total. The lowest BCUT2D eigenvalue weighted by Gasteiger charge is -2.26. The van der Waals surface area contributed by atoms with E-state index in [9.17, 15) is 9.59 Å². The third-order valence-electron chi connectivity index (χ3n) is 6.08. The standard InChI is InChI=1S/C28H26N2O4/c1-29(2)15-16-30-25(20-11-8-12-21(17-20)33-18-19-9-4-3-5-10-19)24-26(31)22-13-6-7-14-23(22)34-27(24)28(30)32/h3-14,17,25H,15-16,18H2,1-2H3. The molecule has 4 aromatic rings. The van der Waals surface area contributed by atoms with Gasteiger partial charge >= 0.3 is 0 Å². The first kappa shape index (κ1) is 21.9. The molecule has 0 fully saturated rings. The van der Waals surface area contributed by atoms with Gasteiger partial charge in [0.05, 0.1) is 17.0 Å². The minimum atomic E-state index is -0.538. The van der Waals surface area contributed by atoms with Crippen molar-refractivity contribution >= 4 is 16.9 Å². The largest absolute Gasteiger partial charge is 0.489 e. The number of amides is 1. The first-order valence-electron chi connectivity index (χ1n) is 11.3. The monoisotopic (exact) mass is 454 g/mol. The highest BCUT2D eigenvalue weighted by Gasteiger charge is 2.42. The number of fused-ring (bicyclic) bond motifs is 2. The fourth-order valence-corrected chi connectivity index (χ4v) is 4.37. The van der Waals surface area contributed by atoms with Crippen molar-refractivity contribution in [2.75, 3.05) is 27.2 Å². The van der Waals surface area contributed by atoms with E-state index in [0.29, 0.717) is 42.0 Å². The Morgan fingerprint density at radius 3 is 2.50 bits per heavy atom. The molecule has 1 amide bonds. The zero-order valence-corrected chi connectivity index (χ0v) is 19.2. The maximum atomic E-state index is 13.5. The Balaban J connectivity index is 1.56. The number of carbonyl (C=O) groups is 1. The smallest absolute Gasteiger partial charge is 0.290 e. The number of para-hydroxylation sites is 1. The van der Waals surface area contributed by atoms with Gasteiger partial charge in [-0.3, -0.25) is 9.59 Å². The Labute approximate surface area is 198 Å². The lowest BCUT2D eigenvalue weighted by molar-refractivity contribution is 0.0716. The Morgan fingerprint density at radius 2 is 1.71 bits per heavy atom. The van der Waals surface area contributed by atoms with Crippen LogP contribution in [0.2, 0.25) is 0 Å². The number of hydrogen-bond acceptors (Lipinski definition) is 5. The minimum Gasteiger partial charge on any atom is -0.489 e. The van der Waals surface area contributed by atoms with Crippen molar-refractivity contribution < 1.29 is 13.9 Å². The van der Waals surface area contributed by atoms with E-state index in [0.717, 1.165) is 11.1 Å². The molecule has 6 heteroatoms. The van der Waals surface area contributed by atoms with Crippen molar-refractivity contribution in [1.29, 1.82) is 0 Å². The number of nitrogens with zero attached hydrogens (tertiary/aromatic N) is 2. The van der Waals surface area contributed by atoms with Gasteiger partial charge in [0.25, 0.3) is 5.91 Å². The molecule has 1 atom stereocenters. The lowest BCUT2D eigenvalue weighted by Crippen LogP contribution is -2.35. The molecule has 0 bridgehead atoms. The average Bonchev–Trinajstić information content (AvgIpc) is 3.14. The van der Waals surface area contributed by atoms with Gasteiger partial charge in [-0.25, -0.2) is 0 Å². The van der Waals surface area contributed by atoms with E-state index in [2.05, 4.69) is 0 Å². The third-order valence-corrected chi connectivity index (χ3v) is 6.08. The Kier molecular flexibility index (Phi) is 5.90. The van der Waals surface area contributed by atoms with Crippen LogP contribution in [0.3, 0.4) is 0 Å². The molecule has 0 saturated heterocycles. The Morgan fingerprint density at radius 1 is 0.941 bits per heavy atom. The van der Waals surface area contributed by atoms with E-state index < -0.39 is 6.04 Å². The van der Waals surface area contributed by atoms with Gasteiger partial charge in [-0.05, 0) is 49.5 Å². The molecular formula is C28H26N2O4. The number of ether oxygens (including phenoxy) is 1. The van der Waals surface area contributed by atoms with Crippen LogP contribution in [0, 0.1) is 0 Å². The van der Waals surface area contributed by atoms with Gasteiger partial charge in [-0.1, -0.05) is 54.6 Å². The van der Waals surface area contributed by atoms with Gasteiger partial charge in [0.2, 0.25) is 5.76 Å². The van der Waals surface area contributed by atoms with E-state index >= 15 is 0 Å². The minimum absolute atomic E-state index is 0.128. The summed E-state index contributed by atoms with van der Waals surface area (Å²) in [6, 6.07) is 24.1. The van der Waals surface area contributed by atoms with Gasteiger partial charge in [0.1, 0.15) is 17.9 Å². The molecule has 1 aromatic heterocycles. The molecule has 0 saturated carbocycles. The molecular weight excluding hydrogens is 428 g/mol. The summed E-state index contributed by atoms with van der Waals surface area (Å²) >= 11 is 0. The van der Waals surface area contributed by atoms with Gasteiger partial charge in [-0.2, -0.15) is 0 Å². The van der Waals surface area contributed by atoms with Crippen LogP contribution in [0.15, 0.2) is 88.1 Å². The predicted molar refractivity (Wildman–Crippen MR) is 131 cm³/mol.